The van der Waals surface area contributed by atoms with Crippen molar-refractivity contribution in [2.24, 2.45) is 5.92 Å². The monoisotopic (exact) mass is 270 g/mol. The summed E-state index contributed by atoms with van der Waals surface area (Å²) in [5, 5.41) is 12.5. The Morgan fingerprint density at radius 1 is 1.26 bits per heavy atom. The summed E-state index contributed by atoms with van der Waals surface area (Å²) in [5.74, 6) is -1.41. The number of nitrogens with zero attached hydrogens (tertiary/aromatic N) is 1. The number of hydrogen-bond donors (Lipinski definition) is 2. The van der Waals surface area contributed by atoms with Gasteiger partial charge < -0.3 is 20.1 Å². The van der Waals surface area contributed by atoms with E-state index >= 15 is 0 Å². The summed E-state index contributed by atoms with van der Waals surface area (Å²) in [6, 6.07) is 0.253. The molecule has 1 heterocycles. The van der Waals surface area contributed by atoms with E-state index < -0.39 is 23.6 Å². The average Bonchev–Trinajstić information content (AvgIpc) is 2.92. The quantitative estimate of drug-likeness (QED) is 0.801. The molecule has 1 amide bonds. The molecule has 2 fully saturated rings. The maximum absolute atomic E-state index is 12.0. The Kier molecular flexibility index (Phi) is 3.71. The largest absolute Gasteiger partial charge is 0.481 e. The van der Waals surface area contributed by atoms with Crippen molar-refractivity contribution < 1.29 is 19.4 Å². The van der Waals surface area contributed by atoms with E-state index in [1.807, 2.05) is 0 Å². The van der Waals surface area contributed by atoms with Crippen LogP contribution in [-0.2, 0) is 9.53 Å². The van der Waals surface area contributed by atoms with Gasteiger partial charge in [-0.3, -0.25) is 4.79 Å². The molecule has 0 spiro atoms. The number of hydrogen-bond acceptors (Lipinski definition) is 4. The van der Waals surface area contributed by atoms with Gasteiger partial charge in [-0.05, 0) is 33.6 Å². The van der Waals surface area contributed by atoms with E-state index in [0.717, 1.165) is 12.8 Å². The first-order valence-corrected chi connectivity index (χ1v) is 6.73. The van der Waals surface area contributed by atoms with E-state index in [2.05, 4.69) is 5.32 Å². The van der Waals surface area contributed by atoms with Crippen LogP contribution in [0, 0.1) is 5.92 Å². The molecule has 2 N–H and O–H groups in total. The number of rotatable bonds is 3. The first kappa shape index (κ1) is 14.1. The minimum atomic E-state index is -0.857. The van der Waals surface area contributed by atoms with E-state index in [-0.39, 0.29) is 12.6 Å². The van der Waals surface area contributed by atoms with Gasteiger partial charge in [0.15, 0.2) is 0 Å². The smallest absolute Gasteiger partial charge is 0.410 e. The molecule has 0 aromatic carbocycles. The van der Waals surface area contributed by atoms with Crippen molar-refractivity contribution in [3.05, 3.63) is 0 Å². The number of amides is 1. The van der Waals surface area contributed by atoms with Gasteiger partial charge >= 0.3 is 12.1 Å². The third-order valence-electron chi connectivity index (χ3n) is 3.32. The van der Waals surface area contributed by atoms with Crippen molar-refractivity contribution in [3.8, 4) is 0 Å². The molecule has 0 aromatic heterocycles. The van der Waals surface area contributed by atoms with Gasteiger partial charge in [-0.25, -0.2) is 4.79 Å². The van der Waals surface area contributed by atoms with Crippen LogP contribution in [0.15, 0.2) is 0 Å². The second-order valence-corrected chi connectivity index (χ2v) is 6.38. The number of likely N-dealkylation sites (tertiary alicyclic amines) is 1. The van der Waals surface area contributed by atoms with Gasteiger partial charge in [-0.2, -0.15) is 0 Å². The molecule has 2 aliphatic rings. The van der Waals surface area contributed by atoms with Crippen molar-refractivity contribution in [2.45, 2.75) is 51.3 Å². The fourth-order valence-electron chi connectivity index (χ4n) is 2.25. The summed E-state index contributed by atoms with van der Waals surface area (Å²) in [4.78, 5) is 24.7. The van der Waals surface area contributed by atoms with E-state index in [1.54, 1.807) is 20.8 Å². The second-order valence-electron chi connectivity index (χ2n) is 6.38. The van der Waals surface area contributed by atoms with E-state index in [0.29, 0.717) is 12.6 Å². The van der Waals surface area contributed by atoms with Crippen LogP contribution in [-0.4, -0.2) is 52.8 Å². The molecule has 0 aromatic rings. The maximum atomic E-state index is 12.0. The van der Waals surface area contributed by atoms with E-state index in [1.165, 1.54) is 4.90 Å². The van der Waals surface area contributed by atoms with Crippen molar-refractivity contribution in [2.75, 3.05) is 13.1 Å². The van der Waals surface area contributed by atoms with Crippen LogP contribution in [0.4, 0.5) is 4.79 Å². The first-order chi connectivity index (χ1) is 8.76. The lowest BCUT2D eigenvalue weighted by Gasteiger charge is -2.24. The summed E-state index contributed by atoms with van der Waals surface area (Å²) >= 11 is 0. The third-order valence-corrected chi connectivity index (χ3v) is 3.32. The number of carbonyl (C=O) groups excluding carboxylic acids is 1. The summed E-state index contributed by atoms with van der Waals surface area (Å²) < 4.78 is 5.28. The second kappa shape index (κ2) is 5.00. The predicted molar refractivity (Wildman–Crippen MR) is 68.9 cm³/mol. The molecule has 108 valence electrons. The van der Waals surface area contributed by atoms with E-state index in [9.17, 15) is 14.7 Å². The Balaban J connectivity index is 1.96. The normalized spacial score (nSPS) is 27.4. The Labute approximate surface area is 113 Å². The summed E-state index contributed by atoms with van der Waals surface area (Å²) in [6.07, 6.45) is 1.75. The number of carboxylic acids is 1. The van der Waals surface area contributed by atoms with Crippen molar-refractivity contribution >= 4 is 12.1 Å². The Morgan fingerprint density at radius 2 is 1.89 bits per heavy atom. The van der Waals surface area contributed by atoms with Crippen LogP contribution in [0.25, 0.3) is 0 Å². The molecule has 1 aliphatic carbocycles. The molecule has 6 heteroatoms. The van der Waals surface area contributed by atoms with Gasteiger partial charge in [0.05, 0.1) is 5.92 Å². The number of ether oxygens (including phenoxy) is 1. The number of nitrogens with one attached hydrogen (secondary N) is 1. The topological polar surface area (TPSA) is 78.9 Å². The number of carbonyl (C=O) groups is 2. The molecule has 0 radical (unpaired) electrons. The SMILES string of the molecule is CC(C)(C)OC(=O)N1CC(NC2CC2)C(C(=O)O)C1. The highest BCUT2D eigenvalue weighted by atomic mass is 16.6. The lowest BCUT2D eigenvalue weighted by atomic mass is 10.0. The standard InChI is InChI=1S/C13H22N2O4/c1-13(2,3)19-12(18)15-6-9(11(16)17)10(7-15)14-8-4-5-8/h8-10,14H,4-7H2,1-3H3,(H,16,17). The highest BCUT2D eigenvalue weighted by Gasteiger charge is 2.42. The Morgan fingerprint density at radius 3 is 2.37 bits per heavy atom. The molecular formula is C13H22N2O4. The van der Waals surface area contributed by atoms with Crippen LogP contribution in [0.5, 0.6) is 0 Å². The average molecular weight is 270 g/mol. The molecule has 1 aliphatic heterocycles. The van der Waals surface area contributed by atoms with Crippen molar-refractivity contribution in [1.82, 2.24) is 10.2 Å². The molecule has 19 heavy (non-hydrogen) atoms. The Bertz CT molecular complexity index is 373. The number of aliphatic carboxylic acids is 1. The van der Waals surface area contributed by atoms with Crippen LogP contribution >= 0.6 is 0 Å². The molecule has 6 nitrogen and oxygen atoms in total. The van der Waals surface area contributed by atoms with Gasteiger partial charge in [-0.15, -0.1) is 0 Å². The molecule has 2 rings (SSSR count). The van der Waals surface area contributed by atoms with Gasteiger partial charge in [0.1, 0.15) is 5.60 Å². The summed E-state index contributed by atoms with van der Waals surface area (Å²) in [6.45, 7) is 6.03. The molecule has 1 saturated heterocycles. The van der Waals surface area contributed by atoms with Gasteiger partial charge in [0.2, 0.25) is 0 Å². The highest BCUT2D eigenvalue weighted by molar-refractivity contribution is 5.75. The lowest BCUT2D eigenvalue weighted by Crippen LogP contribution is -2.41. The zero-order chi connectivity index (χ0) is 14.2. The minimum Gasteiger partial charge on any atom is -0.481 e. The third kappa shape index (κ3) is 3.83. The predicted octanol–water partition coefficient (Wildman–Crippen LogP) is 1.06. The summed E-state index contributed by atoms with van der Waals surface area (Å²) in [7, 11) is 0. The molecule has 0 bridgehead atoms. The summed E-state index contributed by atoms with van der Waals surface area (Å²) in [5.41, 5.74) is -0.558. The van der Waals surface area contributed by atoms with E-state index in [4.69, 9.17) is 4.74 Å². The molecular weight excluding hydrogens is 248 g/mol. The lowest BCUT2D eigenvalue weighted by molar-refractivity contribution is -0.141. The zero-order valence-corrected chi connectivity index (χ0v) is 11.7. The minimum absolute atomic E-state index is 0.169. The van der Waals surface area contributed by atoms with Gasteiger partial charge in [0.25, 0.3) is 0 Å². The molecule has 2 unspecified atom stereocenters. The van der Waals surface area contributed by atoms with Crippen molar-refractivity contribution in [1.29, 1.82) is 0 Å². The first-order valence-electron chi connectivity index (χ1n) is 6.73. The van der Waals surface area contributed by atoms with Crippen molar-refractivity contribution in [3.63, 3.8) is 0 Å². The fraction of sp³-hybridized carbons (Fsp3) is 0.846. The van der Waals surface area contributed by atoms with Gasteiger partial charge in [0, 0.05) is 25.2 Å². The highest BCUT2D eigenvalue weighted by Crippen LogP contribution is 2.25. The van der Waals surface area contributed by atoms with Crippen LogP contribution < -0.4 is 5.32 Å². The van der Waals surface area contributed by atoms with Gasteiger partial charge in [-0.1, -0.05) is 0 Å². The van der Waals surface area contributed by atoms with Crippen LogP contribution in [0.1, 0.15) is 33.6 Å². The van der Waals surface area contributed by atoms with Crippen LogP contribution in [0.2, 0.25) is 0 Å². The van der Waals surface area contributed by atoms with Crippen LogP contribution in [0.3, 0.4) is 0 Å². The zero-order valence-electron chi connectivity index (χ0n) is 11.7. The maximum Gasteiger partial charge on any atom is 0.410 e. The molecule has 1 saturated carbocycles. The fourth-order valence-corrected chi connectivity index (χ4v) is 2.25. The molecule has 2 atom stereocenters. The number of carboxylic acid groups (broad SMARTS) is 1. The Hall–Kier alpha value is -1.30.